The third kappa shape index (κ3) is 4.61. The summed E-state index contributed by atoms with van der Waals surface area (Å²) in [5, 5.41) is 10.5. The summed E-state index contributed by atoms with van der Waals surface area (Å²) in [5.74, 6) is 1.39. The predicted octanol–water partition coefficient (Wildman–Crippen LogP) is 3.69. The number of hydrogen-bond donors (Lipinski definition) is 0. The van der Waals surface area contributed by atoms with Crippen molar-refractivity contribution in [3.8, 4) is 5.75 Å². The minimum absolute atomic E-state index is 0.0944. The number of nitro groups is 1. The van der Waals surface area contributed by atoms with Gasteiger partial charge in [-0.2, -0.15) is 0 Å². The molecule has 0 atom stereocenters. The van der Waals surface area contributed by atoms with Crippen LogP contribution in [0.1, 0.15) is 24.8 Å². The quantitative estimate of drug-likeness (QED) is 0.324. The van der Waals surface area contributed by atoms with Crippen LogP contribution in [-0.2, 0) is 0 Å². The summed E-state index contributed by atoms with van der Waals surface area (Å²) < 4.78 is 5.55. The van der Waals surface area contributed by atoms with Gasteiger partial charge >= 0.3 is 0 Å². The number of nitro benzene ring substituents is 1. The van der Waals surface area contributed by atoms with Crippen LogP contribution in [0.15, 0.2) is 18.2 Å². The first kappa shape index (κ1) is 13.8. The zero-order valence-electron chi connectivity index (χ0n) is 9.82. The van der Waals surface area contributed by atoms with E-state index in [4.69, 9.17) is 16.3 Å². The van der Waals surface area contributed by atoms with E-state index in [-0.39, 0.29) is 5.69 Å². The van der Waals surface area contributed by atoms with Crippen LogP contribution >= 0.6 is 11.6 Å². The van der Waals surface area contributed by atoms with E-state index in [9.17, 15) is 10.1 Å². The molecule has 0 unspecified atom stereocenters. The van der Waals surface area contributed by atoms with Crippen molar-refractivity contribution in [2.45, 2.75) is 26.2 Å². The van der Waals surface area contributed by atoms with E-state index >= 15 is 0 Å². The molecule has 0 spiro atoms. The summed E-state index contributed by atoms with van der Waals surface area (Å²) in [6, 6.07) is 4.63. The van der Waals surface area contributed by atoms with E-state index in [1.807, 2.05) is 0 Å². The molecule has 4 nitrogen and oxygen atoms in total. The summed E-state index contributed by atoms with van der Waals surface area (Å²) >= 11 is 5.57. The highest BCUT2D eigenvalue weighted by molar-refractivity contribution is 6.17. The van der Waals surface area contributed by atoms with Gasteiger partial charge in [0.15, 0.2) is 0 Å². The van der Waals surface area contributed by atoms with E-state index in [0.717, 1.165) is 24.8 Å². The lowest BCUT2D eigenvalue weighted by Crippen LogP contribution is -1.99. The van der Waals surface area contributed by atoms with E-state index < -0.39 is 4.92 Å². The lowest BCUT2D eigenvalue weighted by molar-refractivity contribution is -0.384. The highest BCUT2D eigenvalue weighted by Crippen LogP contribution is 2.23. The molecule has 1 aromatic rings. The van der Waals surface area contributed by atoms with Gasteiger partial charge in [0.1, 0.15) is 5.75 Å². The Morgan fingerprint density at radius 1 is 1.35 bits per heavy atom. The van der Waals surface area contributed by atoms with E-state index in [2.05, 4.69) is 0 Å². The second kappa shape index (κ2) is 7.12. The summed E-state index contributed by atoms with van der Waals surface area (Å²) in [6.45, 7) is 2.43. The van der Waals surface area contributed by atoms with Gasteiger partial charge in [0, 0.05) is 18.0 Å². The Morgan fingerprint density at radius 2 is 2.12 bits per heavy atom. The lowest BCUT2D eigenvalue weighted by atomic mass is 10.2. The number of benzene rings is 1. The van der Waals surface area contributed by atoms with Crippen LogP contribution < -0.4 is 4.74 Å². The minimum atomic E-state index is -0.406. The molecule has 94 valence electrons. The zero-order valence-corrected chi connectivity index (χ0v) is 10.6. The van der Waals surface area contributed by atoms with Gasteiger partial charge in [-0.05, 0) is 37.8 Å². The predicted molar refractivity (Wildman–Crippen MR) is 67.9 cm³/mol. The molecule has 0 N–H and O–H groups in total. The number of hydrogen-bond acceptors (Lipinski definition) is 3. The maximum atomic E-state index is 10.5. The van der Waals surface area contributed by atoms with Gasteiger partial charge in [-0.3, -0.25) is 10.1 Å². The van der Waals surface area contributed by atoms with Gasteiger partial charge in [-0.15, -0.1) is 11.6 Å². The van der Waals surface area contributed by atoms with E-state index in [1.54, 1.807) is 13.0 Å². The monoisotopic (exact) mass is 257 g/mol. The second-order valence-corrected chi connectivity index (χ2v) is 4.18. The highest BCUT2D eigenvalue weighted by atomic mass is 35.5. The van der Waals surface area contributed by atoms with Crippen molar-refractivity contribution in [1.82, 2.24) is 0 Å². The fourth-order valence-electron chi connectivity index (χ4n) is 1.46. The summed E-state index contributed by atoms with van der Waals surface area (Å²) in [4.78, 5) is 10.1. The second-order valence-electron chi connectivity index (χ2n) is 3.81. The Bertz CT molecular complexity index is 382. The third-order valence-corrected chi connectivity index (χ3v) is 2.67. The summed E-state index contributed by atoms with van der Waals surface area (Å²) in [5.41, 5.74) is 0.883. The molecule has 0 amide bonds. The van der Waals surface area contributed by atoms with Gasteiger partial charge in [-0.25, -0.2) is 0 Å². The molecule has 0 radical (unpaired) electrons. The van der Waals surface area contributed by atoms with E-state index in [1.165, 1.54) is 12.1 Å². The third-order valence-electron chi connectivity index (χ3n) is 2.40. The molecule has 17 heavy (non-hydrogen) atoms. The molecule has 0 aromatic heterocycles. The number of non-ortho nitro benzene ring substituents is 1. The van der Waals surface area contributed by atoms with Crippen molar-refractivity contribution < 1.29 is 9.66 Å². The molecule has 0 aliphatic heterocycles. The minimum Gasteiger partial charge on any atom is -0.493 e. The van der Waals surface area contributed by atoms with Gasteiger partial charge in [-0.1, -0.05) is 0 Å². The first-order valence-corrected chi connectivity index (χ1v) is 6.12. The average molecular weight is 258 g/mol. The molecule has 5 heteroatoms. The van der Waals surface area contributed by atoms with Crippen LogP contribution in [0.2, 0.25) is 0 Å². The van der Waals surface area contributed by atoms with Crippen LogP contribution in [-0.4, -0.2) is 17.4 Å². The first-order valence-electron chi connectivity index (χ1n) is 5.59. The topological polar surface area (TPSA) is 52.4 Å². The number of aryl methyl sites for hydroxylation is 1. The van der Waals surface area contributed by atoms with Crippen LogP contribution in [0.3, 0.4) is 0 Å². The summed E-state index contributed by atoms with van der Waals surface area (Å²) in [6.07, 6.45) is 2.98. The maximum absolute atomic E-state index is 10.5. The SMILES string of the molecule is Cc1cc([N+](=O)[O-])ccc1OCCCCCCl. The highest BCUT2D eigenvalue weighted by Gasteiger charge is 2.08. The molecular weight excluding hydrogens is 242 g/mol. The van der Waals surface area contributed by atoms with Gasteiger partial charge in [0.25, 0.3) is 5.69 Å². The Hall–Kier alpha value is -1.29. The summed E-state index contributed by atoms with van der Waals surface area (Å²) in [7, 11) is 0. The average Bonchev–Trinajstić information content (AvgIpc) is 2.30. The molecule has 0 aliphatic carbocycles. The molecular formula is C12H16ClNO3. The number of unbranched alkanes of at least 4 members (excludes halogenated alkanes) is 2. The van der Waals surface area contributed by atoms with Crippen molar-refractivity contribution in [3.63, 3.8) is 0 Å². The van der Waals surface area contributed by atoms with Crippen LogP contribution in [0.25, 0.3) is 0 Å². The fourth-order valence-corrected chi connectivity index (χ4v) is 1.65. The Kier molecular flexibility index (Phi) is 5.77. The fraction of sp³-hybridized carbons (Fsp3) is 0.500. The standard InChI is InChI=1S/C12H16ClNO3/c1-10-9-11(14(15)16)5-6-12(10)17-8-4-2-3-7-13/h5-6,9H,2-4,7-8H2,1H3. The molecule has 0 aliphatic rings. The maximum Gasteiger partial charge on any atom is 0.269 e. The van der Waals surface area contributed by atoms with Crippen LogP contribution in [0.5, 0.6) is 5.75 Å². The lowest BCUT2D eigenvalue weighted by Gasteiger charge is -2.08. The molecule has 1 aromatic carbocycles. The van der Waals surface area contributed by atoms with Crippen molar-refractivity contribution in [1.29, 1.82) is 0 Å². The number of rotatable bonds is 7. The molecule has 0 saturated carbocycles. The largest absolute Gasteiger partial charge is 0.493 e. The Balaban J connectivity index is 2.46. The molecule has 0 saturated heterocycles. The van der Waals surface area contributed by atoms with Crippen LogP contribution in [0.4, 0.5) is 5.69 Å². The van der Waals surface area contributed by atoms with Gasteiger partial charge < -0.3 is 4.74 Å². The van der Waals surface area contributed by atoms with Gasteiger partial charge in [0.05, 0.1) is 11.5 Å². The number of nitrogens with zero attached hydrogens (tertiary/aromatic N) is 1. The van der Waals surface area contributed by atoms with Crippen molar-refractivity contribution >= 4 is 17.3 Å². The van der Waals surface area contributed by atoms with Crippen molar-refractivity contribution in [2.75, 3.05) is 12.5 Å². The van der Waals surface area contributed by atoms with Crippen LogP contribution in [0, 0.1) is 17.0 Å². The van der Waals surface area contributed by atoms with E-state index in [0.29, 0.717) is 18.2 Å². The Morgan fingerprint density at radius 3 is 2.71 bits per heavy atom. The Labute approximate surface area is 106 Å². The van der Waals surface area contributed by atoms with Gasteiger partial charge in [0.2, 0.25) is 0 Å². The number of halogens is 1. The molecule has 0 heterocycles. The first-order chi connectivity index (χ1) is 8.15. The normalized spacial score (nSPS) is 10.2. The molecule has 1 rings (SSSR count). The van der Waals surface area contributed by atoms with Crippen molar-refractivity contribution in [2.24, 2.45) is 0 Å². The molecule has 0 fully saturated rings. The zero-order chi connectivity index (χ0) is 12.7. The van der Waals surface area contributed by atoms with Crippen molar-refractivity contribution in [3.05, 3.63) is 33.9 Å². The molecule has 0 bridgehead atoms. The number of alkyl halides is 1. The number of ether oxygens (including phenoxy) is 1. The smallest absolute Gasteiger partial charge is 0.269 e.